The number of ether oxygens (including phenoxy) is 1. The SMILES string of the molecule is CCCCN1C(=S)NC(c2ccccn2)C1c1cc(C)n(-c2ccc(C(=O)OC)cc2)c1C. The van der Waals surface area contributed by atoms with Crippen LogP contribution in [-0.2, 0) is 4.74 Å². The molecule has 3 heterocycles. The summed E-state index contributed by atoms with van der Waals surface area (Å²) in [6, 6.07) is 15.8. The molecule has 1 fully saturated rings. The second kappa shape index (κ2) is 9.75. The summed E-state index contributed by atoms with van der Waals surface area (Å²) in [6.45, 7) is 7.35. The van der Waals surface area contributed by atoms with Gasteiger partial charge >= 0.3 is 5.97 Å². The Morgan fingerprint density at radius 2 is 1.94 bits per heavy atom. The van der Waals surface area contributed by atoms with Crippen molar-refractivity contribution in [2.45, 2.75) is 45.7 Å². The highest BCUT2D eigenvalue weighted by Crippen LogP contribution is 2.41. The molecule has 0 aliphatic carbocycles. The maximum Gasteiger partial charge on any atom is 0.337 e. The molecule has 1 N–H and O–H groups in total. The van der Waals surface area contributed by atoms with Gasteiger partial charge in [0.1, 0.15) is 0 Å². The fourth-order valence-corrected chi connectivity index (χ4v) is 4.99. The van der Waals surface area contributed by atoms with Crippen molar-refractivity contribution in [1.82, 2.24) is 19.8 Å². The molecular formula is C26H30N4O2S. The molecule has 172 valence electrons. The molecule has 6 nitrogen and oxygen atoms in total. The standard InChI is InChI=1S/C26H30N4O2S/c1-5-6-15-29-24(23(28-26(29)33)22-9-7-8-14-27-22)21-16-17(2)30(18(21)3)20-12-10-19(11-13-20)25(31)32-4/h7-14,16,23-24H,5-6,15H2,1-4H3,(H,28,33). The number of thiocarbonyl (C=S) groups is 1. The number of methoxy groups -OCH3 is 1. The van der Waals surface area contributed by atoms with Crippen LogP contribution < -0.4 is 5.32 Å². The van der Waals surface area contributed by atoms with Crippen LogP contribution in [0, 0.1) is 13.8 Å². The summed E-state index contributed by atoms with van der Waals surface area (Å²) in [5.74, 6) is -0.335. The lowest BCUT2D eigenvalue weighted by atomic mass is 9.96. The Balaban J connectivity index is 1.77. The average molecular weight is 463 g/mol. The Bertz CT molecular complexity index is 1140. The first-order valence-corrected chi connectivity index (χ1v) is 11.7. The van der Waals surface area contributed by atoms with Gasteiger partial charge in [-0.1, -0.05) is 19.4 Å². The fourth-order valence-electron chi connectivity index (χ4n) is 4.66. The van der Waals surface area contributed by atoms with Crippen molar-refractivity contribution in [3.05, 3.63) is 82.9 Å². The fraction of sp³-hybridized carbons (Fsp3) is 0.346. The lowest BCUT2D eigenvalue weighted by Crippen LogP contribution is -2.30. The molecule has 33 heavy (non-hydrogen) atoms. The van der Waals surface area contributed by atoms with E-state index in [9.17, 15) is 4.79 Å². The molecule has 2 aromatic heterocycles. The van der Waals surface area contributed by atoms with Gasteiger partial charge in [-0.3, -0.25) is 4.98 Å². The van der Waals surface area contributed by atoms with Crippen LogP contribution in [0.5, 0.6) is 0 Å². The summed E-state index contributed by atoms with van der Waals surface area (Å²) < 4.78 is 7.06. The zero-order valence-corrected chi connectivity index (χ0v) is 20.4. The molecule has 1 saturated heterocycles. The van der Waals surface area contributed by atoms with Gasteiger partial charge in [0.25, 0.3) is 0 Å². The van der Waals surface area contributed by atoms with Crippen LogP contribution in [0.15, 0.2) is 54.7 Å². The molecule has 0 radical (unpaired) electrons. The number of benzene rings is 1. The minimum Gasteiger partial charge on any atom is -0.465 e. The summed E-state index contributed by atoms with van der Waals surface area (Å²) in [5.41, 5.74) is 6.03. The number of carbonyl (C=O) groups is 1. The van der Waals surface area contributed by atoms with E-state index < -0.39 is 0 Å². The Kier molecular flexibility index (Phi) is 6.79. The Morgan fingerprint density at radius 3 is 2.58 bits per heavy atom. The normalized spacial score (nSPS) is 17.8. The van der Waals surface area contributed by atoms with Crippen LogP contribution in [0.4, 0.5) is 0 Å². The van der Waals surface area contributed by atoms with Gasteiger partial charge in [-0.05, 0) is 80.5 Å². The smallest absolute Gasteiger partial charge is 0.337 e. The molecule has 1 aromatic carbocycles. The Hall–Kier alpha value is -3.19. The third-order valence-corrected chi connectivity index (χ3v) is 6.64. The molecule has 2 atom stereocenters. The summed E-state index contributed by atoms with van der Waals surface area (Å²) in [5, 5.41) is 4.31. The Morgan fingerprint density at radius 1 is 1.18 bits per heavy atom. The van der Waals surface area contributed by atoms with Crippen molar-refractivity contribution in [2.24, 2.45) is 0 Å². The molecular weight excluding hydrogens is 432 g/mol. The van der Waals surface area contributed by atoms with Crippen LogP contribution in [0.3, 0.4) is 0 Å². The lowest BCUT2D eigenvalue weighted by molar-refractivity contribution is 0.0600. The monoisotopic (exact) mass is 462 g/mol. The van der Waals surface area contributed by atoms with Crippen LogP contribution in [0.25, 0.3) is 5.69 Å². The number of pyridine rings is 1. The van der Waals surface area contributed by atoms with Gasteiger partial charge in [0.05, 0.1) is 30.5 Å². The Labute approximate surface area is 200 Å². The largest absolute Gasteiger partial charge is 0.465 e. The maximum absolute atomic E-state index is 11.8. The number of carbonyl (C=O) groups excluding carboxylic acids is 1. The molecule has 0 saturated carbocycles. The van der Waals surface area contributed by atoms with Crippen molar-refractivity contribution in [3.8, 4) is 5.69 Å². The number of aromatic nitrogens is 2. The van der Waals surface area contributed by atoms with Crippen molar-refractivity contribution in [2.75, 3.05) is 13.7 Å². The van der Waals surface area contributed by atoms with Crippen molar-refractivity contribution < 1.29 is 9.53 Å². The third-order valence-electron chi connectivity index (χ3n) is 6.29. The van der Waals surface area contributed by atoms with Crippen LogP contribution >= 0.6 is 12.2 Å². The van der Waals surface area contributed by atoms with E-state index in [-0.39, 0.29) is 18.1 Å². The summed E-state index contributed by atoms with van der Waals surface area (Å²) in [7, 11) is 1.39. The van der Waals surface area contributed by atoms with E-state index in [0.29, 0.717) is 5.56 Å². The van der Waals surface area contributed by atoms with E-state index >= 15 is 0 Å². The molecule has 4 rings (SSSR count). The number of hydrogen-bond acceptors (Lipinski definition) is 4. The van der Waals surface area contributed by atoms with Gasteiger partial charge in [-0.15, -0.1) is 0 Å². The molecule has 1 aliphatic heterocycles. The van der Waals surface area contributed by atoms with E-state index in [1.807, 2.05) is 30.5 Å². The number of hydrogen-bond donors (Lipinski definition) is 1. The highest BCUT2D eigenvalue weighted by Gasteiger charge is 2.41. The van der Waals surface area contributed by atoms with Crippen molar-refractivity contribution in [1.29, 1.82) is 0 Å². The third kappa shape index (κ3) is 4.37. The van der Waals surface area contributed by atoms with E-state index in [2.05, 4.69) is 52.7 Å². The lowest BCUT2D eigenvalue weighted by Gasteiger charge is -2.28. The molecule has 1 aliphatic rings. The van der Waals surface area contributed by atoms with Crippen molar-refractivity contribution >= 4 is 23.3 Å². The quantitative estimate of drug-likeness (QED) is 0.392. The van der Waals surface area contributed by atoms with E-state index in [1.54, 1.807) is 12.1 Å². The minimum atomic E-state index is -0.335. The minimum absolute atomic E-state index is 0.0220. The number of nitrogens with zero attached hydrogens (tertiary/aromatic N) is 3. The average Bonchev–Trinajstić information content (AvgIpc) is 3.32. The summed E-state index contributed by atoms with van der Waals surface area (Å²) >= 11 is 5.77. The van der Waals surface area contributed by atoms with Gasteiger partial charge in [0.2, 0.25) is 0 Å². The van der Waals surface area contributed by atoms with Crippen LogP contribution in [0.1, 0.15) is 64.9 Å². The van der Waals surface area contributed by atoms with Crippen LogP contribution in [0.2, 0.25) is 0 Å². The highest BCUT2D eigenvalue weighted by molar-refractivity contribution is 7.80. The number of aryl methyl sites for hydroxylation is 1. The van der Waals surface area contributed by atoms with Crippen LogP contribution in [-0.4, -0.2) is 39.2 Å². The predicted molar refractivity (Wildman–Crippen MR) is 134 cm³/mol. The predicted octanol–water partition coefficient (Wildman–Crippen LogP) is 5.05. The van der Waals surface area contributed by atoms with Gasteiger partial charge in [-0.25, -0.2) is 4.79 Å². The van der Waals surface area contributed by atoms with Gasteiger partial charge in [-0.2, -0.15) is 0 Å². The molecule has 2 unspecified atom stereocenters. The van der Waals surface area contributed by atoms with E-state index in [0.717, 1.165) is 47.3 Å². The van der Waals surface area contributed by atoms with Gasteiger partial charge in [0.15, 0.2) is 5.11 Å². The number of esters is 1. The summed E-state index contributed by atoms with van der Waals surface area (Å²) in [6.07, 6.45) is 4.00. The zero-order valence-electron chi connectivity index (χ0n) is 19.5. The number of unbranched alkanes of at least 4 members (excludes halogenated alkanes) is 1. The topological polar surface area (TPSA) is 59.4 Å². The molecule has 0 spiro atoms. The van der Waals surface area contributed by atoms with Gasteiger partial charge in [0, 0.05) is 29.8 Å². The first-order valence-electron chi connectivity index (χ1n) is 11.3. The van der Waals surface area contributed by atoms with Gasteiger partial charge < -0.3 is 19.5 Å². The van der Waals surface area contributed by atoms with E-state index in [1.165, 1.54) is 12.7 Å². The first kappa shape index (κ1) is 23.0. The second-order valence-corrected chi connectivity index (χ2v) is 8.76. The number of nitrogens with one attached hydrogen (secondary N) is 1. The maximum atomic E-state index is 11.8. The van der Waals surface area contributed by atoms with Crippen molar-refractivity contribution in [3.63, 3.8) is 0 Å². The molecule has 7 heteroatoms. The number of rotatable bonds is 7. The van der Waals surface area contributed by atoms with E-state index in [4.69, 9.17) is 17.0 Å². The summed E-state index contributed by atoms with van der Waals surface area (Å²) in [4.78, 5) is 18.8. The molecule has 0 bridgehead atoms. The highest BCUT2D eigenvalue weighted by atomic mass is 32.1. The zero-order chi connectivity index (χ0) is 23.5. The molecule has 0 amide bonds. The second-order valence-electron chi connectivity index (χ2n) is 8.37. The first-order chi connectivity index (χ1) is 16.0. The molecule has 3 aromatic rings.